The van der Waals surface area contributed by atoms with Gasteiger partial charge in [0.1, 0.15) is 5.69 Å². The van der Waals surface area contributed by atoms with E-state index >= 15 is 0 Å². The van der Waals surface area contributed by atoms with E-state index in [1.54, 1.807) is 15.6 Å². The highest BCUT2D eigenvalue weighted by Gasteiger charge is 2.18. The summed E-state index contributed by atoms with van der Waals surface area (Å²) in [6.07, 6.45) is 3.70. The molecule has 0 spiro atoms. The van der Waals surface area contributed by atoms with Crippen LogP contribution in [0.3, 0.4) is 0 Å². The molecular formula is C23H26N6O2. The first-order chi connectivity index (χ1) is 14.8. The van der Waals surface area contributed by atoms with Gasteiger partial charge in [0.05, 0.1) is 17.6 Å². The van der Waals surface area contributed by atoms with Gasteiger partial charge in [0, 0.05) is 31.9 Å². The molecule has 1 atom stereocenters. The van der Waals surface area contributed by atoms with Crippen LogP contribution in [-0.4, -0.2) is 37.1 Å². The Balaban J connectivity index is 1.48. The fourth-order valence-electron chi connectivity index (χ4n) is 3.58. The van der Waals surface area contributed by atoms with E-state index < -0.39 is 0 Å². The normalized spacial score (nSPS) is 12.2. The second-order valence-corrected chi connectivity index (χ2v) is 7.84. The molecule has 160 valence electrons. The van der Waals surface area contributed by atoms with Gasteiger partial charge in [-0.05, 0) is 31.9 Å². The van der Waals surface area contributed by atoms with E-state index in [0.717, 1.165) is 27.8 Å². The monoisotopic (exact) mass is 418 g/mol. The van der Waals surface area contributed by atoms with Gasteiger partial charge in [-0.2, -0.15) is 15.2 Å². The van der Waals surface area contributed by atoms with Crippen LogP contribution in [0.15, 0.2) is 42.7 Å². The number of rotatable bonds is 6. The Hall–Kier alpha value is -3.68. The lowest BCUT2D eigenvalue weighted by Gasteiger charge is -2.15. The average Bonchev–Trinajstić information content (AvgIpc) is 3.30. The highest BCUT2D eigenvalue weighted by atomic mass is 16.5. The van der Waals surface area contributed by atoms with Gasteiger partial charge < -0.3 is 10.1 Å². The molecule has 0 fully saturated rings. The summed E-state index contributed by atoms with van der Waals surface area (Å²) >= 11 is 0. The van der Waals surface area contributed by atoms with Gasteiger partial charge in [-0.25, -0.2) is 4.68 Å². The lowest BCUT2D eigenvalue weighted by atomic mass is 10.1. The second kappa shape index (κ2) is 8.22. The van der Waals surface area contributed by atoms with Gasteiger partial charge in [0.2, 0.25) is 5.88 Å². The van der Waals surface area contributed by atoms with Crippen molar-refractivity contribution in [2.75, 3.05) is 6.61 Å². The van der Waals surface area contributed by atoms with Crippen LogP contribution in [0.1, 0.15) is 29.7 Å². The molecular weight excluding hydrogens is 392 g/mol. The number of pyridine rings is 1. The molecule has 0 aliphatic rings. The maximum absolute atomic E-state index is 12.4. The Labute approximate surface area is 180 Å². The van der Waals surface area contributed by atoms with E-state index in [1.807, 2.05) is 71.4 Å². The van der Waals surface area contributed by atoms with Crippen molar-refractivity contribution < 1.29 is 9.53 Å². The smallest absolute Gasteiger partial charge is 0.258 e. The molecule has 1 N–H and O–H groups in total. The Morgan fingerprint density at radius 3 is 2.61 bits per heavy atom. The van der Waals surface area contributed by atoms with Crippen LogP contribution in [0, 0.1) is 13.8 Å². The van der Waals surface area contributed by atoms with E-state index in [9.17, 15) is 4.79 Å². The molecule has 3 heterocycles. The van der Waals surface area contributed by atoms with Crippen molar-refractivity contribution in [3.63, 3.8) is 0 Å². The van der Waals surface area contributed by atoms with Crippen LogP contribution < -0.4 is 10.1 Å². The van der Waals surface area contributed by atoms with Crippen LogP contribution in [0.5, 0.6) is 5.88 Å². The maximum atomic E-state index is 12.4. The van der Waals surface area contributed by atoms with E-state index in [1.165, 1.54) is 5.56 Å². The zero-order valence-electron chi connectivity index (χ0n) is 18.4. The molecule has 8 heteroatoms. The van der Waals surface area contributed by atoms with Gasteiger partial charge in [0.15, 0.2) is 12.3 Å². The van der Waals surface area contributed by atoms with E-state index in [-0.39, 0.29) is 18.6 Å². The van der Waals surface area contributed by atoms with Crippen molar-refractivity contribution in [1.29, 1.82) is 0 Å². The molecule has 4 rings (SSSR count). The Morgan fingerprint density at radius 1 is 1.19 bits per heavy atom. The molecule has 0 aliphatic carbocycles. The van der Waals surface area contributed by atoms with E-state index in [0.29, 0.717) is 11.5 Å². The molecule has 0 saturated heterocycles. The number of aryl methyl sites for hydroxylation is 4. The van der Waals surface area contributed by atoms with Crippen molar-refractivity contribution >= 4 is 16.9 Å². The average molecular weight is 419 g/mol. The minimum absolute atomic E-state index is 0.104. The first-order valence-electron chi connectivity index (χ1n) is 10.1. The number of aromatic nitrogens is 5. The predicted molar refractivity (Wildman–Crippen MR) is 119 cm³/mol. The van der Waals surface area contributed by atoms with Crippen LogP contribution >= 0.6 is 0 Å². The standard InChI is InChI=1S/C23H26N6O2/c1-14-6-8-17(9-7-14)16(3)25-19(30)13-31-20-10-15(2)21-22(18-11-24-28(4)12-18)27-29(5)23(21)26-20/h6-12,16H,13H2,1-5H3,(H,25,30)/t16-/m0/s1. The first-order valence-corrected chi connectivity index (χ1v) is 10.1. The highest BCUT2D eigenvalue weighted by molar-refractivity contribution is 5.93. The predicted octanol–water partition coefficient (Wildman–Crippen LogP) is 3.24. The van der Waals surface area contributed by atoms with Crippen molar-refractivity contribution in [3.8, 4) is 17.1 Å². The van der Waals surface area contributed by atoms with Crippen LogP contribution in [-0.2, 0) is 18.9 Å². The Bertz CT molecular complexity index is 1240. The Kier molecular flexibility index (Phi) is 5.46. The lowest BCUT2D eigenvalue weighted by Crippen LogP contribution is -2.31. The molecule has 0 radical (unpaired) electrons. The van der Waals surface area contributed by atoms with Crippen molar-refractivity contribution in [2.24, 2.45) is 14.1 Å². The molecule has 0 bridgehead atoms. The highest BCUT2D eigenvalue weighted by Crippen LogP contribution is 2.30. The van der Waals surface area contributed by atoms with Gasteiger partial charge in [0.25, 0.3) is 5.91 Å². The molecule has 4 aromatic rings. The zero-order valence-corrected chi connectivity index (χ0v) is 18.4. The van der Waals surface area contributed by atoms with Crippen molar-refractivity contribution in [2.45, 2.75) is 26.8 Å². The summed E-state index contributed by atoms with van der Waals surface area (Å²) in [6, 6.07) is 9.83. The van der Waals surface area contributed by atoms with E-state index in [4.69, 9.17) is 4.74 Å². The molecule has 0 aliphatic heterocycles. The molecule has 0 unspecified atom stereocenters. The molecule has 8 nitrogen and oxygen atoms in total. The third-order valence-corrected chi connectivity index (χ3v) is 5.25. The molecule has 1 amide bonds. The summed E-state index contributed by atoms with van der Waals surface area (Å²) in [7, 11) is 3.71. The van der Waals surface area contributed by atoms with Gasteiger partial charge in [-0.15, -0.1) is 0 Å². The summed E-state index contributed by atoms with van der Waals surface area (Å²) in [4.78, 5) is 17.0. The Morgan fingerprint density at radius 2 is 1.94 bits per heavy atom. The first kappa shape index (κ1) is 20.6. The number of hydrogen-bond donors (Lipinski definition) is 1. The minimum atomic E-state index is -0.200. The molecule has 31 heavy (non-hydrogen) atoms. The quantitative estimate of drug-likeness (QED) is 0.519. The van der Waals surface area contributed by atoms with Crippen LogP contribution in [0.2, 0.25) is 0 Å². The fourth-order valence-corrected chi connectivity index (χ4v) is 3.58. The number of nitrogens with zero attached hydrogens (tertiary/aromatic N) is 5. The summed E-state index contributed by atoms with van der Waals surface area (Å²) < 4.78 is 9.17. The number of carbonyl (C=O) groups is 1. The molecule has 1 aromatic carbocycles. The topological polar surface area (TPSA) is 86.9 Å². The number of benzene rings is 1. The van der Waals surface area contributed by atoms with Gasteiger partial charge >= 0.3 is 0 Å². The zero-order chi connectivity index (χ0) is 22.1. The minimum Gasteiger partial charge on any atom is -0.468 e. The molecule has 0 saturated carbocycles. The summed E-state index contributed by atoms with van der Waals surface area (Å²) in [6.45, 7) is 5.86. The number of ether oxygens (including phenoxy) is 1. The van der Waals surface area contributed by atoms with Gasteiger partial charge in [-0.1, -0.05) is 29.8 Å². The molecule has 3 aromatic heterocycles. The number of carbonyl (C=O) groups excluding carboxylic acids is 1. The van der Waals surface area contributed by atoms with Crippen LogP contribution in [0.25, 0.3) is 22.3 Å². The second-order valence-electron chi connectivity index (χ2n) is 7.84. The maximum Gasteiger partial charge on any atom is 0.258 e. The number of fused-ring (bicyclic) bond motifs is 1. The largest absolute Gasteiger partial charge is 0.468 e. The van der Waals surface area contributed by atoms with E-state index in [2.05, 4.69) is 20.5 Å². The number of amides is 1. The summed E-state index contributed by atoms with van der Waals surface area (Å²) in [5.74, 6) is 0.192. The SMILES string of the molecule is Cc1ccc([C@H](C)NC(=O)COc2cc(C)c3c(-c4cnn(C)c4)nn(C)c3n2)cc1. The third kappa shape index (κ3) is 4.28. The summed E-state index contributed by atoms with van der Waals surface area (Å²) in [5, 5.41) is 12.8. The number of hydrogen-bond acceptors (Lipinski definition) is 5. The van der Waals surface area contributed by atoms with Crippen LogP contribution in [0.4, 0.5) is 0 Å². The lowest BCUT2D eigenvalue weighted by molar-refractivity contribution is -0.123. The van der Waals surface area contributed by atoms with Crippen molar-refractivity contribution in [1.82, 2.24) is 29.9 Å². The fraction of sp³-hybridized carbons (Fsp3) is 0.304. The van der Waals surface area contributed by atoms with Crippen molar-refractivity contribution in [3.05, 3.63) is 59.4 Å². The summed E-state index contributed by atoms with van der Waals surface area (Å²) in [5.41, 5.74) is 5.65. The van der Waals surface area contributed by atoms with Gasteiger partial charge in [-0.3, -0.25) is 9.48 Å². The number of nitrogens with one attached hydrogen (secondary N) is 1. The third-order valence-electron chi connectivity index (χ3n) is 5.25.